The number of ketones is 1. The largest absolute Gasteiger partial charge is 0.493 e. The molecule has 3 aromatic rings. The molecule has 0 atom stereocenters. The fraction of sp³-hybridized carbons (Fsp3) is 0.120. The van der Waals surface area contributed by atoms with E-state index in [0.29, 0.717) is 28.4 Å². The van der Waals surface area contributed by atoms with Crippen molar-refractivity contribution in [3.8, 4) is 28.7 Å². The summed E-state index contributed by atoms with van der Waals surface area (Å²) < 4.78 is 27.2. The van der Waals surface area contributed by atoms with Gasteiger partial charge in [0.25, 0.3) is 5.69 Å². The Morgan fingerprint density at radius 1 is 0.943 bits per heavy atom. The molecule has 0 spiro atoms. The monoisotopic (exact) mass is 477 g/mol. The SMILES string of the molecule is COc1ccc(C=C2Oc3cc(OC(=O)c4ccc([N+](=O)[O-])cc4)ccc3C2=O)c(OC)c1OC. The van der Waals surface area contributed by atoms with Crippen LogP contribution in [-0.4, -0.2) is 38.0 Å². The number of methoxy groups -OCH3 is 3. The highest BCUT2D eigenvalue weighted by molar-refractivity contribution is 6.14. The summed E-state index contributed by atoms with van der Waals surface area (Å²) in [7, 11) is 4.45. The summed E-state index contributed by atoms with van der Waals surface area (Å²) >= 11 is 0. The lowest BCUT2D eigenvalue weighted by molar-refractivity contribution is -0.384. The molecule has 1 aliphatic rings. The zero-order valence-corrected chi connectivity index (χ0v) is 18.9. The van der Waals surface area contributed by atoms with Gasteiger partial charge in [-0.3, -0.25) is 14.9 Å². The molecule has 0 radical (unpaired) electrons. The Labute approximate surface area is 199 Å². The van der Waals surface area contributed by atoms with E-state index in [0.717, 1.165) is 0 Å². The zero-order valence-electron chi connectivity index (χ0n) is 18.9. The number of esters is 1. The van der Waals surface area contributed by atoms with Crippen LogP contribution in [0.25, 0.3) is 6.08 Å². The summed E-state index contributed by atoms with van der Waals surface area (Å²) in [4.78, 5) is 35.5. The predicted octanol–water partition coefficient (Wildman–Crippen LogP) is 4.46. The number of Topliss-reactive ketones (excluding diaryl/α,β-unsaturated/α-hetero) is 1. The van der Waals surface area contributed by atoms with Gasteiger partial charge in [0.2, 0.25) is 11.5 Å². The fourth-order valence-electron chi connectivity index (χ4n) is 3.50. The first-order valence-electron chi connectivity index (χ1n) is 10.2. The number of hydrogen-bond donors (Lipinski definition) is 0. The Balaban J connectivity index is 1.57. The van der Waals surface area contributed by atoms with E-state index in [2.05, 4.69) is 0 Å². The normalized spacial score (nSPS) is 13.1. The highest BCUT2D eigenvalue weighted by atomic mass is 16.6. The first kappa shape index (κ1) is 23.3. The van der Waals surface area contributed by atoms with Crippen LogP contribution in [0.2, 0.25) is 0 Å². The average Bonchev–Trinajstić information content (AvgIpc) is 3.17. The Hall–Kier alpha value is -4.86. The second-order valence-electron chi connectivity index (χ2n) is 7.21. The van der Waals surface area contributed by atoms with E-state index < -0.39 is 10.9 Å². The third-order valence-electron chi connectivity index (χ3n) is 5.19. The molecule has 0 saturated carbocycles. The maximum atomic E-state index is 12.9. The third kappa shape index (κ3) is 4.49. The molecule has 35 heavy (non-hydrogen) atoms. The number of nitro groups is 1. The molecule has 0 N–H and O–H groups in total. The van der Waals surface area contributed by atoms with Crippen molar-refractivity contribution in [3.63, 3.8) is 0 Å². The van der Waals surface area contributed by atoms with Crippen molar-refractivity contribution in [2.24, 2.45) is 0 Å². The second-order valence-corrected chi connectivity index (χ2v) is 7.21. The lowest BCUT2D eigenvalue weighted by Crippen LogP contribution is -2.08. The molecule has 1 aliphatic heterocycles. The number of fused-ring (bicyclic) bond motifs is 1. The molecular formula is C25H19NO9. The first-order chi connectivity index (χ1) is 16.9. The summed E-state index contributed by atoms with van der Waals surface area (Å²) in [6.45, 7) is 0. The Kier molecular flexibility index (Phi) is 6.36. The van der Waals surface area contributed by atoms with Crippen LogP contribution in [0, 0.1) is 10.1 Å². The minimum Gasteiger partial charge on any atom is -0.493 e. The molecule has 0 unspecified atom stereocenters. The van der Waals surface area contributed by atoms with Gasteiger partial charge in [-0.15, -0.1) is 0 Å². The summed E-state index contributed by atoms with van der Waals surface area (Å²) in [5, 5.41) is 10.8. The number of non-ortho nitro benzene ring substituents is 1. The Morgan fingerprint density at radius 3 is 2.29 bits per heavy atom. The number of nitro benzene ring substituents is 1. The van der Waals surface area contributed by atoms with Crippen LogP contribution in [-0.2, 0) is 0 Å². The van der Waals surface area contributed by atoms with Gasteiger partial charge in [-0.25, -0.2) is 4.79 Å². The molecule has 0 aliphatic carbocycles. The Bertz CT molecular complexity index is 1360. The van der Waals surface area contributed by atoms with E-state index in [-0.39, 0.29) is 34.3 Å². The standard InChI is InChI=1S/C25H19NO9/c1-31-19-11-6-15(23(32-2)24(19)33-3)12-21-22(27)18-10-9-17(13-20(18)35-21)34-25(28)14-4-7-16(8-5-14)26(29)30/h4-13H,1-3H3. The van der Waals surface area contributed by atoms with Gasteiger partial charge in [0.05, 0.1) is 37.4 Å². The number of carbonyl (C=O) groups excluding carboxylic acids is 2. The lowest BCUT2D eigenvalue weighted by Gasteiger charge is -2.14. The van der Waals surface area contributed by atoms with Crippen molar-refractivity contribution in [3.05, 3.63) is 87.2 Å². The molecule has 0 saturated heterocycles. The summed E-state index contributed by atoms with van der Waals surface area (Å²) in [6.07, 6.45) is 1.52. The van der Waals surface area contributed by atoms with Crippen molar-refractivity contribution >= 4 is 23.5 Å². The second kappa shape index (κ2) is 9.56. The van der Waals surface area contributed by atoms with Gasteiger partial charge >= 0.3 is 5.97 Å². The van der Waals surface area contributed by atoms with Crippen LogP contribution >= 0.6 is 0 Å². The van der Waals surface area contributed by atoms with E-state index in [1.807, 2.05) is 0 Å². The van der Waals surface area contributed by atoms with Gasteiger partial charge in [-0.2, -0.15) is 0 Å². The lowest BCUT2D eigenvalue weighted by atomic mass is 10.1. The van der Waals surface area contributed by atoms with Crippen LogP contribution in [0.1, 0.15) is 26.3 Å². The summed E-state index contributed by atoms with van der Waals surface area (Å²) in [5.41, 5.74) is 0.822. The number of nitrogens with zero attached hydrogens (tertiary/aromatic N) is 1. The van der Waals surface area contributed by atoms with Gasteiger partial charge in [-0.05, 0) is 42.5 Å². The fourth-order valence-corrected chi connectivity index (χ4v) is 3.50. The van der Waals surface area contributed by atoms with Gasteiger partial charge in [0.15, 0.2) is 17.3 Å². The highest BCUT2D eigenvalue weighted by Gasteiger charge is 2.29. The highest BCUT2D eigenvalue weighted by Crippen LogP contribution is 2.42. The summed E-state index contributed by atoms with van der Waals surface area (Å²) in [6, 6.07) is 12.8. The van der Waals surface area contributed by atoms with Gasteiger partial charge in [-0.1, -0.05) is 0 Å². The topological polar surface area (TPSA) is 123 Å². The van der Waals surface area contributed by atoms with Gasteiger partial charge < -0.3 is 23.7 Å². The minimum absolute atomic E-state index is 0.0457. The number of carbonyl (C=O) groups is 2. The maximum absolute atomic E-state index is 12.9. The van der Waals surface area contributed by atoms with Crippen LogP contribution < -0.4 is 23.7 Å². The smallest absolute Gasteiger partial charge is 0.343 e. The number of rotatable bonds is 7. The Morgan fingerprint density at radius 2 is 1.66 bits per heavy atom. The van der Waals surface area contributed by atoms with Crippen molar-refractivity contribution in [1.82, 2.24) is 0 Å². The van der Waals surface area contributed by atoms with Crippen molar-refractivity contribution in [1.29, 1.82) is 0 Å². The molecule has 0 bridgehead atoms. The van der Waals surface area contributed by atoms with E-state index in [4.69, 9.17) is 23.7 Å². The molecule has 4 rings (SSSR count). The molecule has 0 fully saturated rings. The molecule has 1 heterocycles. The average molecular weight is 477 g/mol. The number of hydrogen-bond acceptors (Lipinski definition) is 9. The minimum atomic E-state index is -0.713. The molecule has 0 amide bonds. The molecule has 10 nitrogen and oxygen atoms in total. The zero-order chi connectivity index (χ0) is 25.1. The van der Waals surface area contributed by atoms with Crippen LogP contribution in [0.4, 0.5) is 5.69 Å². The number of ether oxygens (including phenoxy) is 5. The first-order valence-corrected chi connectivity index (χ1v) is 10.2. The molecule has 178 valence electrons. The summed E-state index contributed by atoms with van der Waals surface area (Å²) in [5.74, 6) is 0.536. The molecular weight excluding hydrogens is 458 g/mol. The quantitative estimate of drug-likeness (QED) is 0.160. The van der Waals surface area contributed by atoms with E-state index >= 15 is 0 Å². The predicted molar refractivity (Wildman–Crippen MR) is 124 cm³/mol. The van der Waals surface area contributed by atoms with Gasteiger partial charge in [0, 0.05) is 23.8 Å². The molecule has 10 heteroatoms. The number of allylic oxidation sites excluding steroid dienone is 1. The van der Waals surface area contributed by atoms with Gasteiger partial charge in [0.1, 0.15) is 11.5 Å². The van der Waals surface area contributed by atoms with Crippen molar-refractivity contribution in [2.75, 3.05) is 21.3 Å². The number of benzene rings is 3. The van der Waals surface area contributed by atoms with Crippen LogP contribution in [0.5, 0.6) is 28.7 Å². The van der Waals surface area contributed by atoms with Crippen molar-refractivity contribution < 1.29 is 38.2 Å². The van der Waals surface area contributed by atoms with E-state index in [1.54, 1.807) is 12.1 Å². The van der Waals surface area contributed by atoms with E-state index in [9.17, 15) is 19.7 Å². The molecule has 0 aromatic heterocycles. The molecule has 3 aromatic carbocycles. The van der Waals surface area contributed by atoms with Crippen LogP contribution in [0.15, 0.2) is 60.4 Å². The van der Waals surface area contributed by atoms with Crippen LogP contribution in [0.3, 0.4) is 0 Å². The van der Waals surface area contributed by atoms with Crippen molar-refractivity contribution in [2.45, 2.75) is 0 Å². The maximum Gasteiger partial charge on any atom is 0.343 e. The third-order valence-corrected chi connectivity index (χ3v) is 5.19. The van der Waals surface area contributed by atoms with E-state index in [1.165, 1.54) is 69.9 Å².